The molecule has 0 bridgehead atoms. The molecule has 1 aromatic rings. The summed E-state index contributed by atoms with van der Waals surface area (Å²) in [6.45, 7) is 2.41. The van der Waals surface area contributed by atoms with E-state index in [0.717, 1.165) is 0 Å². The van der Waals surface area contributed by atoms with Crippen LogP contribution in [0.2, 0.25) is 5.02 Å². The maximum Gasteiger partial charge on any atom is 0.308 e. The lowest BCUT2D eigenvalue weighted by atomic mass is 10.3. The lowest BCUT2D eigenvalue weighted by molar-refractivity contribution is -0.132. The van der Waals surface area contributed by atoms with E-state index in [9.17, 15) is 4.79 Å². The van der Waals surface area contributed by atoms with Crippen molar-refractivity contribution in [1.29, 1.82) is 0 Å². The molecule has 1 unspecified atom stereocenters. The van der Waals surface area contributed by atoms with Crippen molar-refractivity contribution in [3.63, 3.8) is 0 Å². The smallest absolute Gasteiger partial charge is 0.308 e. The predicted molar refractivity (Wildman–Crippen MR) is 65.7 cm³/mol. The molecule has 0 amide bonds. The molecule has 1 aliphatic rings. The van der Waals surface area contributed by atoms with E-state index in [1.165, 1.54) is 6.92 Å². The Morgan fingerprint density at radius 3 is 2.94 bits per heavy atom. The van der Waals surface area contributed by atoms with Crippen molar-refractivity contribution >= 4 is 33.5 Å². The summed E-state index contributed by atoms with van der Waals surface area (Å²) in [5.41, 5.74) is 0. The first kappa shape index (κ1) is 12.7. The van der Waals surface area contributed by atoms with Crippen LogP contribution in [-0.2, 0) is 9.53 Å². The average Bonchev–Trinajstić information content (AvgIpc) is 2.98. The van der Waals surface area contributed by atoms with Gasteiger partial charge in [0.25, 0.3) is 0 Å². The minimum atomic E-state index is -0.424. The number of carbonyl (C=O) groups excluding carboxylic acids is 1. The van der Waals surface area contributed by atoms with Crippen molar-refractivity contribution in [3.8, 4) is 11.5 Å². The summed E-state index contributed by atoms with van der Waals surface area (Å²) >= 11 is 9.31. The number of hydrogen-bond donors (Lipinski definition) is 0. The monoisotopic (exact) mass is 320 g/mol. The SMILES string of the molecule is CC(=O)Oc1cc(Br)cc(Cl)c1OCC1CO1. The minimum Gasteiger partial charge on any atom is -0.485 e. The first-order chi connectivity index (χ1) is 8.06. The van der Waals surface area contributed by atoms with Crippen molar-refractivity contribution in [1.82, 2.24) is 0 Å². The van der Waals surface area contributed by atoms with Crippen LogP contribution in [0, 0.1) is 0 Å². The topological polar surface area (TPSA) is 48.1 Å². The molecule has 1 saturated heterocycles. The molecule has 0 aromatic heterocycles. The normalized spacial score (nSPS) is 17.7. The third-order valence-corrected chi connectivity index (χ3v) is 2.78. The Balaban J connectivity index is 2.21. The largest absolute Gasteiger partial charge is 0.485 e. The Morgan fingerprint density at radius 1 is 1.65 bits per heavy atom. The molecule has 0 N–H and O–H groups in total. The second-order valence-electron chi connectivity index (χ2n) is 3.57. The summed E-state index contributed by atoms with van der Waals surface area (Å²) in [5.74, 6) is 0.241. The standard InChI is InChI=1S/C11H10BrClO4/c1-6(14)17-10-3-7(12)2-9(13)11(10)16-5-8-4-15-8/h2-3,8H,4-5H2,1H3. The summed E-state index contributed by atoms with van der Waals surface area (Å²) in [6, 6.07) is 3.31. The van der Waals surface area contributed by atoms with E-state index in [2.05, 4.69) is 15.9 Å². The third-order valence-electron chi connectivity index (χ3n) is 2.04. The molecule has 17 heavy (non-hydrogen) atoms. The molecular weight excluding hydrogens is 311 g/mol. The van der Waals surface area contributed by atoms with E-state index in [4.69, 9.17) is 25.8 Å². The van der Waals surface area contributed by atoms with E-state index in [1.807, 2.05) is 0 Å². The van der Waals surface area contributed by atoms with Gasteiger partial charge < -0.3 is 14.2 Å². The molecule has 1 aromatic carbocycles. The highest BCUT2D eigenvalue weighted by Gasteiger charge is 2.24. The van der Waals surface area contributed by atoms with Crippen LogP contribution in [0.4, 0.5) is 0 Å². The number of carbonyl (C=O) groups is 1. The number of ether oxygens (including phenoxy) is 3. The molecule has 1 atom stereocenters. The molecule has 0 radical (unpaired) electrons. The Hall–Kier alpha value is -0.780. The number of benzene rings is 1. The zero-order valence-electron chi connectivity index (χ0n) is 9.04. The fourth-order valence-corrected chi connectivity index (χ4v) is 2.08. The summed E-state index contributed by atoms with van der Waals surface area (Å²) in [4.78, 5) is 11.0. The highest BCUT2D eigenvalue weighted by molar-refractivity contribution is 9.10. The van der Waals surface area contributed by atoms with Crippen molar-refractivity contribution in [2.24, 2.45) is 0 Å². The maximum absolute atomic E-state index is 11.0. The van der Waals surface area contributed by atoms with E-state index in [1.54, 1.807) is 12.1 Å². The second-order valence-corrected chi connectivity index (χ2v) is 4.90. The van der Waals surface area contributed by atoms with Crippen LogP contribution < -0.4 is 9.47 Å². The lowest BCUT2D eigenvalue weighted by Gasteiger charge is -2.12. The van der Waals surface area contributed by atoms with E-state index < -0.39 is 5.97 Å². The predicted octanol–water partition coefficient (Wildman–Crippen LogP) is 2.81. The fourth-order valence-electron chi connectivity index (χ4n) is 1.25. The van der Waals surface area contributed by atoms with Gasteiger partial charge in [-0.25, -0.2) is 0 Å². The molecule has 1 fully saturated rings. The van der Waals surface area contributed by atoms with Crippen LogP contribution in [0.1, 0.15) is 6.92 Å². The van der Waals surface area contributed by atoms with Gasteiger partial charge in [0.1, 0.15) is 12.7 Å². The van der Waals surface area contributed by atoms with Gasteiger partial charge in [0.05, 0.1) is 11.6 Å². The molecular formula is C11H10BrClO4. The molecule has 0 spiro atoms. The molecule has 0 saturated carbocycles. The van der Waals surface area contributed by atoms with Crippen molar-refractivity contribution < 1.29 is 19.0 Å². The first-order valence-corrected chi connectivity index (χ1v) is 6.15. The highest BCUT2D eigenvalue weighted by Crippen LogP contribution is 2.38. The first-order valence-electron chi connectivity index (χ1n) is 4.98. The zero-order valence-corrected chi connectivity index (χ0v) is 11.4. The quantitative estimate of drug-likeness (QED) is 0.486. The second kappa shape index (κ2) is 5.25. The molecule has 2 rings (SSSR count). The van der Waals surface area contributed by atoms with Gasteiger partial charge in [0, 0.05) is 11.4 Å². The van der Waals surface area contributed by atoms with Crippen LogP contribution >= 0.6 is 27.5 Å². The Morgan fingerprint density at radius 2 is 2.35 bits per heavy atom. The van der Waals surface area contributed by atoms with Crippen LogP contribution in [0.15, 0.2) is 16.6 Å². The van der Waals surface area contributed by atoms with Gasteiger partial charge in [-0.15, -0.1) is 0 Å². The Labute approximate surface area is 112 Å². The summed E-state index contributed by atoms with van der Waals surface area (Å²) in [5, 5.41) is 0.385. The molecule has 6 heteroatoms. The van der Waals surface area contributed by atoms with Gasteiger partial charge in [-0.3, -0.25) is 4.79 Å². The van der Waals surface area contributed by atoms with E-state index >= 15 is 0 Å². The van der Waals surface area contributed by atoms with Crippen molar-refractivity contribution in [2.75, 3.05) is 13.2 Å². The van der Waals surface area contributed by atoms with Crippen LogP contribution in [0.3, 0.4) is 0 Å². The average molecular weight is 322 g/mol. The zero-order chi connectivity index (χ0) is 12.4. The molecule has 92 valence electrons. The van der Waals surface area contributed by atoms with Crippen LogP contribution in [0.25, 0.3) is 0 Å². The van der Waals surface area contributed by atoms with Crippen molar-refractivity contribution in [2.45, 2.75) is 13.0 Å². The minimum absolute atomic E-state index is 0.111. The van der Waals surface area contributed by atoms with Gasteiger partial charge in [0.15, 0.2) is 11.5 Å². The third kappa shape index (κ3) is 3.59. The Kier molecular flexibility index (Phi) is 3.91. The van der Waals surface area contributed by atoms with E-state index in [0.29, 0.717) is 34.2 Å². The molecule has 1 aliphatic heterocycles. The fraction of sp³-hybridized carbons (Fsp3) is 0.364. The summed E-state index contributed by atoms with van der Waals surface area (Å²) in [7, 11) is 0. The number of esters is 1. The highest BCUT2D eigenvalue weighted by atomic mass is 79.9. The van der Waals surface area contributed by atoms with Gasteiger partial charge >= 0.3 is 5.97 Å². The number of rotatable bonds is 4. The molecule has 4 nitrogen and oxygen atoms in total. The summed E-state index contributed by atoms with van der Waals surface area (Å²) < 4.78 is 16.3. The number of hydrogen-bond acceptors (Lipinski definition) is 4. The molecule has 0 aliphatic carbocycles. The van der Waals surface area contributed by atoms with Gasteiger partial charge in [-0.05, 0) is 12.1 Å². The maximum atomic E-state index is 11.0. The Bertz CT molecular complexity index is 445. The van der Waals surface area contributed by atoms with Crippen molar-refractivity contribution in [3.05, 3.63) is 21.6 Å². The lowest BCUT2D eigenvalue weighted by Crippen LogP contribution is -2.08. The van der Waals surface area contributed by atoms with Gasteiger partial charge in [-0.2, -0.15) is 0 Å². The van der Waals surface area contributed by atoms with Crippen LogP contribution in [-0.4, -0.2) is 25.3 Å². The van der Waals surface area contributed by atoms with E-state index in [-0.39, 0.29) is 6.10 Å². The summed E-state index contributed by atoms with van der Waals surface area (Å²) in [6.07, 6.45) is 0.111. The van der Waals surface area contributed by atoms with Gasteiger partial charge in [-0.1, -0.05) is 27.5 Å². The van der Waals surface area contributed by atoms with Crippen LogP contribution in [0.5, 0.6) is 11.5 Å². The number of halogens is 2. The van der Waals surface area contributed by atoms with Gasteiger partial charge in [0.2, 0.25) is 0 Å². The molecule has 1 heterocycles. The number of epoxide rings is 1.